The highest BCUT2D eigenvalue weighted by atomic mass is 35.5. The Balaban J connectivity index is 2.28. The van der Waals surface area contributed by atoms with Crippen molar-refractivity contribution in [3.05, 3.63) is 57.8 Å². The average Bonchev–Trinajstić information content (AvgIpc) is 2.49. The van der Waals surface area contributed by atoms with E-state index >= 15 is 0 Å². The maximum absolute atomic E-state index is 13.5. The fourth-order valence-electron chi connectivity index (χ4n) is 1.77. The van der Waals surface area contributed by atoms with E-state index in [0.717, 1.165) is 0 Å². The molecule has 118 valence electrons. The lowest BCUT2D eigenvalue weighted by Crippen LogP contribution is -2.24. The summed E-state index contributed by atoms with van der Waals surface area (Å²) in [6.45, 7) is -0.199. The number of methoxy groups -OCH3 is 1. The third-order valence-corrected chi connectivity index (χ3v) is 5.35. The van der Waals surface area contributed by atoms with Crippen molar-refractivity contribution < 1.29 is 17.5 Å². The van der Waals surface area contributed by atoms with E-state index in [4.69, 9.17) is 27.9 Å². The van der Waals surface area contributed by atoms with Crippen molar-refractivity contribution in [3.63, 3.8) is 0 Å². The number of sulfonamides is 1. The second kappa shape index (κ2) is 6.83. The minimum absolute atomic E-state index is 0.00191. The summed E-state index contributed by atoms with van der Waals surface area (Å²) in [5.74, 6) is -0.233. The van der Waals surface area contributed by atoms with Crippen LogP contribution in [0.5, 0.6) is 5.75 Å². The van der Waals surface area contributed by atoms with Gasteiger partial charge in [0.1, 0.15) is 21.5 Å². The van der Waals surface area contributed by atoms with Crippen molar-refractivity contribution in [2.24, 2.45) is 0 Å². The number of nitrogens with one attached hydrogen (secondary N) is 1. The standard InChI is InChI=1S/C14H12Cl2FNO3S/c1-21-11-6-7-12(14(16)13(11)15)22(19,20)18-8-9-4-2-3-5-10(9)17/h2-7,18H,8H2,1H3. The van der Waals surface area contributed by atoms with Crippen LogP contribution in [0.2, 0.25) is 10.0 Å². The second-order valence-electron chi connectivity index (χ2n) is 4.31. The third-order valence-electron chi connectivity index (χ3n) is 2.93. The lowest BCUT2D eigenvalue weighted by Gasteiger charge is -2.11. The van der Waals surface area contributed by atoms with Gasteiger partial charge in [0.25, 0.3) is 0 Å². The molecule has 0 amide bonds. The molecular formula is C14H12Cl2FNO3S. The van der Waals surface area contributed by atoms with E-state index in [0.29, 0.717) is 0 Å². The molecule has 0 spiro atoms. The normalized spacial score (nSPS) is 11.5. The van der Waals surface area contributed by atoms with E-state index in [-0.39, 0.29) is 32.8 Å². The molecule has 0 aliphatic rings. The fourth-order valence-corrected chi connectivity index (χ4v) is 3.62. The number of hydrogen-bond donors (Lipinski definition) is 1. The molecule has 4 nitrogen and oxygen atoms in total. The summed E-state index contributed by atoms with van der Waals surface area (Å²) in [6, 6.07) is 8.54. The minimum Gasteiger partial charge on any atom is -0.495 e. The van der Waals surface area contributed by atoms with Crippen LogP contribution >= 0.6 is 23.2 Å². The van der Waals surface area contributed by atoms with Gasteiger partial charge in [0, 0.05) is 12.1 Å². The van der Waals surface area contributed by atoms with Gasteiger partial charge in [-0.15, -0.1) is 0 Å². The zero-order chi connectivity index (χ0) is 16.3. The van der Waals surface area contributed by atoms with Crippen LogP contribution in [0.3, 0.4) is 0 Å². The van der Waals surface area contributed by atoms with Gasteiger partial charge in [0.2, 0.25) is 10.0 Å². The van der Waals surface area contributed by atoms with Gasteiger partial charge >= 0.3 is 0 Å². The lowest BCUT2D eigenvalue weighted by atomic mass is 10.2. The van der Waals surface area contributed by atoms with E-state index < -0.39 is 15.8 Å². The molecule has 0 bridgehead atoms. The summed E-state index contributed by atoms with van der Waals surface area (Å²) in [4.78, 5) is -0.198. The van der Waals surface area contributed by atoms with Crippen LogP contribution in [-0.2, 0) is 16.6 Å². The molecule has 0 radical (unpaired) electrons. The molecule has 22 heavy (non-hydrogen) atoms. The molecule has 2 aromatic rings. The van der Waals surface area contributed by atoms with Crippen LogP contribution in [0.25, 0.3) is 0 Å². The van der Waals surface area contributed by atoms with Gasteiger partial charge < -0.3 is 4.74 Å². The number of ether oxygens (including phenoxy) is 1. The van der Waals surface area contributed by atoms with E-state index in [2.05, 4.69) is 4.72 Å². The molecule has 0 saturated carbocycles. The number of hydrogen-bond acceptors (Lipinski definition) is 3. The highest BCUT2D eigenvalue weighted by Crippen LogP contribution is 2.36. The third kappa shape index (κ3) is 3.52. The molecule has 1 N–H and O–H groups in total. The number of benzene rings is 2. The first kappa shape index (κ1) is 17.0. The predicted molar refractivity (Wildman–Crippen MR) is 83.4 cm³/mol. The van der Waals surface area contributed by atoms with E-state index in [1.807, 2.05) is 0 Å². The molecule has 2 rings (SSSR count). The Morgan fingerprint density at radius 1 is 1.14 bits per heavy atom. The summed E-state index contributed by atoms with van der Waals surface area (Å²) in [6.07, 6.45) is 0. The summed E-state index contributed by atoms with van der Waals surface area (Å²) in [7, 11) is -2.55. The highest BCUT2D eigenvalue weighted by molar-refractivity contribution is 7.89. The van der Waals surface area contributed by atoms with Crippen molar-refractivity contribution >= 4 is 33.2 Å². The fraction of sp³-hybridized carbons (Fsp3) is 0.143. The Labute approximate surface area is 137 Å². The summed E-state index contributed by atoms with van der Waals surface area (Å²) < 4.78 is 45.3. The Kier molecular flexibility index (Phi) is 5.28. The average molecular weight is 364 g/mol. The first-order valence-corrected chi connectivity index (χ1v) is 8.36. The number of halogens is 3. The molecule has 0 unspecified atom stereocenters. The van der Waals surface area contributed by atoms with Crippen LogP contribution in [-0.4, -0.2) is 15.5 Å². The molecule has 0 aliphatic carbocycles. The molecule has 0 saturated heterocycles. The Bertz CT molecular complexity index is 797. The molecule has 0 aliphatic heterocycles. The molecule has 0 heterocycles. The molecule has 0 fully saturated rings. The van der Waals surface area contributed by atoms with Gasteiger partial charge in [-0.25, -0.2) is 17.5 Å². The van der Waals surface area contributed by atoms with Crippen LogP contribution in [0.4, 0.5) is 4.39 Å². The molecule has 2 aromatic carbocycles. The van der Waals surface area contributed by atoms with Crippen molar-refractivity contribution in [3.8, 4) is 5.75 Å². The van der Waals surface area contributed by atoms with Crippen molar-refractivity contribution in [1.29, 1.82) is 0 Å². The van der Waals surface area contributed by atoms with Crippen LogP contribution in [0.15, 0.2) is 41.3 Å². The molecule has 0 atom stereocenters. The van der Waals surface area contributed by atoms with Crippen molar-refractivity contribution in [2.45, 2.75) is 11.4 Å². The minimum atomic E-state index is -3.94. The second-order valence-corrected chi connectivity index (χ2v) is 6.80. The van der Waals surface area contributed by atoms with Gasteiger partial charge in [-0.1, -0.05) is 41.4 Å². The van der Waals surface area contributed by atoms with Gasteiger partial charge in [-0.3, -0.25) is 0 Å². The Morgan fingerprint density at radius 3 is 2.45 bits per heavy atom. The topological polar surface area (TPSA) is 55.4 Å². The monoisotopic (exact) mass is 363 g/mol. The first-order chi connectivity index (χ1) is 10.4. The van der Waals surface area contributed by atoms with Crippen LogP contribution < -0.4 is 9.46 Å². The van der Waals surface area contributed by atoms with Crippen molar-refractivity contribution in [1.82, 2.24) is 4.72 Å². The Morgan fingerprint density at radius 2 is 1.82 bits per heavy atom. The van der Waals surface area contributed by atoms with E-state index in [1.165, 1.54) is 37.4 Å². The molecule has 0 aromatic heterocycles. The maximum Gasteiger partial charge on any atom is 0.242 e. The van der Waals surface area contributed by atoms with Gasteiger partial charge in [-0.05, 0) is 18.2 Å². The summed E-state index contributed by atoms with van der Waals surface area (Å²) >= 11 is 11.9. The van der Waals surface area contributed by atoms with E-state index in [1.54, 1.807) is 6.07 Å². The van der Waals surface area contributed by atoms with Crippen LogP contribution in [0, 0.1) is 5.82 Å². The van der Waals surface area contributed by atoms with Crippen molar-refractivity contribution in [2.75, 3.05) is 7.11 Å². The maximum atomic E-state index is 13.5. The number of rotatable bonds is 5. The van der Waals surface area contributed by atoms with Gasteiger partial charge in [-0.2, -0.15) is 0 Å². The largest absolute Gasteiger partial charge is 0.495 e. The van der Waals surface area contributed by atoms with Gasteiger partial charge in [0.15, 0.2) is 0 Å². The summed E-state index contributed by atoms with van der Waals surface area (Å²) in [5, 5.41) is -0.153. The SMILES string of the molecule is COc1ccc(S(=O)(=O)NCc2ccccc2F)c(Cl)c1Cl. The lowest BCUT2D eigenvalue weighted by molar-refractivity contribution is 0.414. The van der Waals surface area contributed by atoms with Crippen LogP contribution in [0.1, 0.15) is 5.56 Å². The van der Waals surface area contributed by atoms with E-state index in [9.17, 15) is 12.8 Å². The summed E-state index contributed by atoms with van der Waals surface area (Å²) in [5.41, 5.74) is 0.224. The predicted octanol–water partition coefficient (Wildman–Crippen LogP) is 3.62. The smallest absolute Gasteiger partial charge is 0.242 e. The first-order valence-electron chi connectivity index (χ1n) is 6.12. The molecular weight excluding hydrogens is 352 g/mol. The highest BCUT2D eigenvalue weighted by Gasteiger charge is 2.22. The zero-order valence-electron chi connectivity index (χ0n) is 11.4. The quantitative estimate of drug-likeness (QED) is 0.882. The molecule has 8 heteroatoms. The Hall–Kier alpha value is -1.34. The van der Waals surface area contributed by atoms with Gasteiger partial charge in [0.05, 0.1) is 12.1 Å². The zero-order valence-corrected chi connectivity index (χ0v) is 13.8.